The third-order valence-electron chi connectivity index (χ3n) is 10.5. The molecule has 0 aliphatic heterocycles. The molecule has 0 aliphatic carbocycles. The molecular formula is C45H69N5O8. The third kappa shape index (κ3) is 15.5. The Labute approximate surface area is 345 Å². The molecule has 7 atom stereocenters. The maximum atomic E-state index is 14.0. The fourth-order valence-corrected chi connectivity index (χ4v) is 6.79. The van der Waals surface area contributed by atoms with Crippen LogP contribution in [-0.4, -0.2) is 81.5 Å². The number of hydrogen-bond acceptors (Lipinski definition) is 7. The number of rotatable bonds is 24. The first kappa shape index (κ1) is 49.4. The number of carboxylic acids is 1. The van der Waals surface area contributed by atoms with Crippen molar-refractivity contribution in [2.75, 3.05) is 0 Å². The molecule has 2 aromatic rings. The van der Waals surface area contributed by atoms with E-state index in [2.05, 4.69) is 26.6 Å². The summed E-state index contributed by atoms with van der Waals surface area (Å²) in [5.74, 6) is -4.99. The van der Waals surface area contributed by atoms with E-state index >= 15 is 0 Å². The van der Waals surface area contributed by atoms with Crippen LogP contribution in [0, 0.1) is 29.6 Å². The minimum Gasteiger partial charge on any atom is -0.479 e. The quantitative estimate of drug-likeness (QED) is 0.0800. The molecule has 58 heavy (non-hydrogen) atoms. The Hall–Kier alpha value is -4.78. The molecule has 2 rings (SSSR count). The molecule has 0 radical (unpaired) electrons. The molecule has 0 fully saturated rings. The van der Waals surface area contributed by atoms with Gasteiger partial charge in [-0.1, -0.05) is 136 Å². The highest BCUT2D eigenvalue weighted by molar-refractivity contribution is 5.94. The SMILES string of the molecule is CC[C@H](C)[C@H](NC(=O)C[C@H](O)[C@H](Cc1ccccc1)NC(=O)[C@@H](NC(=O)[C@H](CC(C)C)NC(=O)CC(C)C)C(C)C)C(=O)N[C@](Cc1ccccc1)(C(=O)O)C(C)C. The van der Waals surface area contributed by atoms with E-state index in [0.717, 1.165) is 11.1 Å². The fourth-order valence-electron chi connectivity index (χ4n) is 6.79. The van der Waals surface area contributed by atoms with E-state index in [-0.39, 0.29) is 42.9 Å². The molecule has 0 aromatic heterocycles. The Balaban J connectivity index is 2.34. The van der Waals surface area contributed by atoms with Gasteiger partial charge in [0.05, 0.1) is 18.6 Å². The summed E-state index contributed by atoms with van der Waals surface area (Å²) in [7, 11) is 0. The van der Waals surface area contributed by atoms with Gasteiger partial charge in [0.25, 0.3) is 0 Å². The van der Waals surface area contributed by atoms with Crippen LogP contribution >= 0.6 is 0 Å². The topological polar surface area (TPSA) is 203 Å². The van der Waals surface area contributed by atoms with Crippen molar-refractivity contribution in [3.63, 3.8) is 0 Å². The second-order valence-electron chi connectivity index (χ2n) is 17.2. The minimum atomic E-state index is -1.67. The lowest BCUT2D eigenvalue weighted by Crippen LogP contribution is -2.64. The number of benzene rings is 2. The molecule has 0 aliphatic rings. The fraction of sp³-hybridized carbons (Fsp3) is 0.600. The maximum Gasteiger partial charge on any atom is 0.330 e. The van der Waals surface area contributed by atoms with Gasteiger partial charge >= 0.3 is 5.97 Å². The van der Waals surface area contributed by atoms with E-state index in [1.54, 1.807) is 58.9 Å². The van der Waals surface area contributed by atoms with Crippen LogP contribution in [-0.2, 0) is 41.6 Å². The van der Waals surface area contributed by atoms with Gasteiger partial charge in [-0.3, -0.25) is 24.0 Å². The molecule has 13 heteroatoms. The molecule has 0 unspecified atom stereocenters. The van der Waals surface area contributed by atoms with E-state index in [0.29, 0.717) is 12.8 Å². The smallest absolute Gasteiger partial charge is 0.330 e. The van der Waals surface area contributed by atoms with Crippen molar-refractivity contribution >= 4 is 35.5 Å². The van der Waals surface area contributed by atoms with Crippen molar-refractivity contribution in [3.8, 4) is 0 Å². The zero-order valence-electron chi connectivity index (χ0n) is 36.1. The summed E-state index contributed by atoms with van der Waals surface area (Å²) in [6.45, 7) is 18.3. The number of carboxylic acid groups (broad SMARTS) is 1. The van der Waals surface area contributed by atoms with E-state index in [1.807, 2.05) is 71.0 Å². The van der Waals surface area contributed by atoms with Crippen LogP contribution in [0.2, 0.25) is 0 Å². The van der Waals surface area contributed by atoms with Crippen molar-refractivity contribution < 1.29 is 39.0 Å². The molecule has 0 saturated heterocycles. The summed E-state index contributed by atoms with van der Waals surface area (Å²) >= 11 is 0. The van der Waals surface area contributed by atoms with Gasteiger partial charge in [0, 0.05) is 12.8 Å². The summed E-state index contributed by atoms with van der Waals surface area (Å²) < 4.78 is 0. The first-order valence-corrected chi connectivity index (χ1v) is 20.7. The number of nitrogens with one attached hydrogen (secondary N) is 5. The summed E-state index contributed by atoms with van der Waals surface area (Å²) in [6, 6.07) is 14.1. The molecule has 7 N–H and O–H groups in total. The van der Waals surface area contributed by atoms with Crippen LogP contribution in [0.1, 0.15) is 106 Å². The molecule has 0 saturated carbocycles. The number of amides is 5. The Bertz CT molecular complexity index is 1630. The van der Waals surface area contributed by atoms with Crippen molar-refractivity contribution in [2.45, 2.75) is 144 Å². The molecule has 13 nitrogen and oxygen atoms in total. The molecule has 0 spiro atoms. The van der Waals surface area contributed by atoms with Crippen molar-refractivity contribution in [3.05, 3.63) is 71.8 Å². The molecule has 5 amide bonds. The lowest BCUT2D eigenvalue weighted by Gasteiger charge is -2.37. The van der Waals surface area contributed by atoms with Gasteiger partial charge in [0.2, 0.25) is 29.5 Å². The first-order valence-electron chi connectivity index (χ1n) is 20.7. The van der Waals surface area contributed by atoms with Crippen LogP contribution in [0.15, 0.2) is 60.7 Å². The Morgan fingerprint density at radius 2 is 1.19 bits per heavy atom. The van der Waals surface area contributed by atoms with Gasteiger partial charge in [0.15, 0.2) is 0 Å². The molecule has 2 aromatic carbocycles. The van der Waals surface area contributed by atoms with Gasteiger partial charge in [-0.25, -0.2) is 4.79 Å². The molecule has 0 bridgehead atoms. The Kier molecular flexibility index (Phi) is 20.1. The van der Waals surface area contributed by atoms with Gasteiger partial charge in [-0.05, 0) is 53.6 Å². The highest BCUT2D eigenvalue weighted by Crippen LogP contribution is 2.25. The number of carbonyl (C=O) groups excluding carboxylic acids is 5. The second kappa shape index (κ2) is 23.6. The van der Waals surface area contributed by atoms with E-state index < -0.39 is 83.7 Å². The third-order valence-corrected chi connectivity index (χ3v) is 10.5. The summed E-state index contributed by atoms with van der Waals surface area (Å²) in [6.07, 6.45) is -0.653. The van der Waals surface area contributed by atoms with E-state index in [1.165, 1.54) is 0 Å². The zero-order valence-corrected chi connectivity index (χ0v) is 36.1. The maximum absolute atomic E-state index is 14.0. The molecular weight excluding hydrogens is 739 g/mol. The van der Waals surface area contributed by atoms with Crippen molar-refractivity contribution in [2.24, 2.45) is 29.6 Å². The zero-order chi connectivity index (χ0) is 43.7. The average Bonchev–Trinajstić information content (AvgIpc) is 3.14. The van der Waals surface area contributed by atoms with Gasteiger partial charge < -0.3 is 36.8 Å². The summed E-state index contributed by atoms with van der Waals surface area (Å²) in [4.78, 5) is 80.7. The van der Waals surface area contributed by atoms with Gasteiger partial charge in [-0.2, -0.15) is 0 Å². The van der Waals surface area contributed by atoms with E-state index in [9.17, 15) is 39.0 Å². The van der Waals surface area contributed by atoms with Crippen LogP contribution in [0.3, 0.4) is 0 Å². The standard InChI is InChI=1S/C45H69N5O8/c1-11-31(10)40(43(56)50-45(30(8)9,44(57)58)26-33-20-16-13-17-21-33)48-38(53)25-36(51)34(24-32-18-14-12-15-19-32)47-42(55)39(29(6)7)49-41(54)35(22-27(2)3)46-37(52)23-28(4)5/h12-21,27-31,34-36,39-40,51H,11,22-26H2,1-10H3,(H,46,52)(H,47,55)(H,48,53)(H,49,54)(H,50,56)(H,57,58)/t31-,34-,35-,36-,39-,40-,45-/m0/s1. The number of carbonyl (C=O) groups is 6. The Morgan fingerprint density at radius 1 is 0.638 bits per heavy atom. The lowest BCUT2D eigenvalue weighted by atomic mass is 9.80. The van der Waals surface area contributed by atoms with Crippen LogP contribution in [0.5, 0.6) is 0 Å². The predicted octanol–water partition coefficient (Wildman–Crippen LogP) is 4.55. The van der Waals surface area contributed by atoms with Crippen molar-refractivity contribution in [1.29, 1.82) is 0 Å². The summed E-state index contributed by atoms with van der Waals surface area (Å²) in [5, 5.41) is 36.1. The van der Waals surface area contributed by atoms with Crippen LogP contribution in [0.25, 0.3) is 0 Å². The number of hydrogen-bond donors (Lipinski definition) is 7. The highest BCUT2D eigenvalue weighted by atomic mass is 16.4. The normalized spacial score (nSPS) is 15.7. The highest BCUT2D eigenvalue weighted by Gasteiger charge is 2.45. The van der Waals surface area contributed by atoms with Gasteiger partial charge in [-0.15, -0.1) is 0 Å². The lowest BCUT2D eigenvalue weighted by molar-refractivity contribution is -0.150. The molecule has 0 heterocycles. The number of aliphatic carboxylic acids is 1. The monoisotopic (exact) mass is 808 g/mol. The minimum absolute atomic E-state index is 0.0241. The average molecular weight is 808 g/mol. The largest absolute Gasteiger partial charge is 0.479 e. The van der Waals surface area contributed by atoms with E-state index in [4.69, 9.17) is 0 Å². The van der Waals surface area contributed by atoms with Crippen molar-refractivity contribution in [1.82, 2.24) is 26.6 Å². The second-order valence-corrected chi connectivity index (χ2v) is 17.2. The predicted molar refractivity (Wildman–Crippen MR) is 225 cm³/mol. The molecule has 322 valence electrons. The summed E-state index contributed by atoms with van der Waals surface area (Å²) in [5.41, 5.74) is -0.173. The number of aliphatic hydroxyl groups excluding tert-OH is 1. The first-order chi connectivity index (χ1) is 27.2. The Morgan fingerprint density at radius 3 is 1.67 bits per heavy atom. The van der Waals surface area contributed by atoms with Crippen LogP contribution < -0.4 is 26.6 Å². The number of aliphatic hydroxyl groups is 1. The van der Waals surface area contributed by atoms with Crippen LogP contribution in [0.4, 0.5) is 0 Å². The van der Waals surface area contributed by atoms with Gasteiger partial charge in [0.1, 0.15) is 23.7 Å².